The highest BCUT2D eigenvalue weighted by Crippen LogP contribution is 2.16. The number of anilines is 1. The molecule has 0 saturated heterocycles. The van der Waals surface area contributed by atoms with Crippen molar-refractivity contribution in [3.05, 3.63) is 17.8 Å². The van der Waals surface area contributed by atoms with Gasteiger partial charge in [-0.15, -0.1) is 0 Å². The van der Waals surface area contributed by atoms with E-state index < -0.39 is 0 Å². The topological polar surface area (TPSA) is 37.8 Å². The van der Waals surface area contributed by atoms with Crippen molar-refractivity contribution in [1.29, 1.82) is 0 Å². The van der Waals surface area contributed by atoms with Crippen molar-refractivity contribution >= 4 is 5.82 Å². The highest BCUT2D eigenvalue weighted by atomic mass is 19.1. The van der Waals surface area contributed by atoms with Gasteiger partial charge < -0.3 is 5.32 Å². The van der Waals surface area contributed by atoms with E-state index in [0.29, 0.717) is 17.9 Å². The smallest absolute Gasteiger partial charge is 0.186 e. The predicted molar refractivity (Wildman–Crippen MR) is 73.1 cm³/mol. The summed E-state index contributed by atoms with van der Waals surface area (Å²) in [5.41, 5.74) is 0.474. The molecule has 0 aliphatic carbocycles. The van der Waals surface area contributed by atoms with Gasteiger partial charge in [0.05, 0.1) is 5.69 Å². The van der Waals surface area contributed by atoms with Crippen molar-refractivity contribution in [2.24, 2.45) is 5.92 Å². The monoisotopic (exact) mass is 253 g/mol. The van der Waals surface area contributed by atoms with Crippen LogP contribution in [0.1, 0.15) is 52.7 Å². The fourth-order valence-electron chi connectivity index (χ4n) is 1.89. The Morgan fingerprint density at radius 2 is 1.94 bits per heavy atom. The molecule has 0 aliphatic heterocycles. The van der Waals surface area contributed by atoms with Gasteiger partial charge in [0.1, 0.15) is 6.33 Å². The minimum absolute atomic E-state index is 0.234. The highest BCUT2D eigenvalue weighted by Gasteiger charge is 2.11. The lowest BCUT2D eigenvalue weighted by atomic mass is 10.0. The van der Waals surface area contributed by atoms with Gasteiger partial charge >= 0.3 is 0 Å². The molecule has 0 saturated carbocycles. The Morgan fingerprint density at radius 1 is 1.22 bits per heavy atom. The molecule has 18 heavy (non-hydrogen) atoms. The van der Waals surface area contributed by atoms with Crippen LogP contribution in [0, 0.1) is 11.7 Å². The van der Waals surface area contributed by atoms with E-state index in [-0.39, 0.29) is 11.9 Å². The Hall–Kier alpha value is -1.19. The number of nitrogens with one attached hydrogen (secondary N) is 1. The van der Waals surface area contributed by atoms with Crippen LogP contribution in [-0.2, 0) is 6.42 Å². The number of nitrogens with zero attached hydrogens (tertiary/aromatic N) is 2. The molecule has 0 spiro atoms. The summed E-state index contributed by atoms with van der Waals surface area (Å²) in [5.74, 6) is 0.745. The molecule has 1 aromatic rings. The van der Waals surface area contributed by atoms with Crippen LogP contribution in [0.25, 0.3) is 0 Å². The molecule has 102 valence electrons. The van der Waals surface area contributed by atoms with Gasteiger partial charge in [-0.3, -0.25) is 0 Å². The van der Waals surface area contributed by atoms with Crippen LogP contribution < -0.4 is 5.32 Å². The maximum atomic E-state index is 13.9. The number of hydrogen-bond donors (Lipinski definition) is 1. The second kappa shape index (κ2) is 7.29. The van der Waals surface area contributed by atoms with Gasteiger partial charge in [-0.1, -0.05) is 33.6 Å². The van der Waals surface area contributed by atoms with Crippen molar-refractivity contribution < 1.29 is 4.39 Å². The van der Waals surface area contributed by atoms with E-state index in [4.69, 9.17) is 0 Å². The molecule has 1 N–H and O–H groups in total. The quantitative estimate of drug-likeness (QED) is 0.803. The molecular formula is C14H24FN3. The molecule has 1 rings (SSSR count). The second-order valence-electron chi connectivity index (χ2n) is 5.21. The van der Waals surface area contributed by atoms with E-state index in [1.807, 2.05) is 6.92 Å². The first-order valence-electron chi connectivity index (χ1n) is 6.80. The van der Waals surface area contributed by atoms with E-state index in [0.717, 1.165) is 18.8 Å². The Morgan fingerprint density at radius 3 is 2.56 bits per heavy atom. The van der Waals surface area contributed by atoms with Gasteiger partial charge in [0, 0.05) is 6.04 Å². The summed E-state index contributed by atoms with van der Waals surface area (Å²) in [5, 5.41) is 3.13. The van der Waals surface area contributed by atoms with Gasteiger partial charge in [0.2, 0.25) is 0 Å². The number of aryl methyl sites for hydroxylation is 1. The summed E-state index contributed by atoms with van der Waals surface area (Å²) in [6.45, 7) is 8.39. The van der Waals surface area contributed by atoms with Gasteiger partial charge in [-0.2, -0.15) is 0 Å². The molecule has 0 amide bonds. The molecule has 0 aliphatic rings. The molecule has 4 heteroatoms. The molecular weight excluding hydrogens is 229 g/mol. The van der Waals surface area contributed by atoms with Crippen LogP contribution in [0.3, 0.4) is 0 Å². The molecule has 0 bridgehead atoms. The zero-order valence-corrected chi connectivity index (χ0v) is 11.8. The molecule has 0 radical (unpaired) electrons. The molecule has 1 unspecified atom stereocenters. The zero-order valence-electron chi connectivity index (χ0n) is 11.8. The molecule has 1 heterocycles. The van der Waals surface area contributed by atoms with Crippen molar-refractivity contribution in [3.8, 4) is 0 Å². The molecule has 0 fully saturated rings. The predicted octanol–water partition coefficient (Wildman–Crippen LogP) is 3.80. The van der Waals surface area contributed by atoms with Crippen LogP contribution in [0.15, 0.2) is 6.33 Å². The van der Waals surface area contributed by atoms with Crippen LogP contribution in [0.2, 0.25) is 0 Å². The normalized spacial score (nSPS) is 12.8. The third kappa shape index (κ3) is 4.59. The Kier molecular flexibility index (Phi) is 6.02. The van der Waals surface area contributed by atoms with Gasteiger partial charge in [0.15, 0.2) is 11.6 Å². The molecule has 1 atom stereocenters. The second-order valence-corrected chi connectivity index (χ2v) is 5.21. The summed E-state index contributed by atoms with van der Waals surface area (Å²) >= 11 is 0. The number of aromatic nitrogens is 2. The largest absolute Gasteiger partial charge is 0.365 e. The summed E-state index contributed by atoms with van der Waals surface area (Å²) < 4.78 is 13.9. The average molecular weight is 253 g/mol. The minimum Gasteiger partial charge on any atom is -0.365 e. The number of hydrogen-bond acceptors (Lipinski definition) is 3. The fraction of sp³-hybridized carbons (Fsp3) is 0.714. The molecule has 3 nitrogen and oxygen atoms in total. The summed E-state index contributed by atoms with van der Waals surface area (Å²) in [6.07, 6.45) is 5.40. The number of rotatable bonds is 7. The minimum atomic E-state index is -0.310. The Balaban J connectivity index is 2.51. The number of halogens is 1. The summed E-state index contributed by atoms with van der Waals surface area (Å²) in [7, 11) is 0. The lowest BCUT2D eigenvalue weighted by molar-refractivity contribution is 0.517. The maximum Gasteiger partial charge on any atom is 0.186 e. The first-order valence-corrected chi connectivity index (χ1v) is 6.80. The van der Waals surface area contributed by atoms with Crippen molar-refractivity contribution in [2.45, 2.75) is 59.4 Å². The molecule has 0 aromatic carbocycles. The summed E-state index contributed by atoms with van der Waals surface area (Å²) in [6, 6.07) is 0.234. The Bertz CT molecular complexity index is 366. The Labute approximate surface area is 109 Å². The third-order valence-corrected chi connectivity index (χ3v) is 3.00. The van der Waals surface area contributed by atoms with Crippen molar-refractivity contribution in [2.75, 3.05) is 5.32 Å². The zero-order chi connectivity index (χ0) is 13.5. The van der Waals surface area contributed by atoms with Crippen LogP contribution in [-0.4, -0.2) is 16.0 Å². The fourth-order valence-corrected chi connectivity index (χ4v) is 1.89. The van der Waals surface area contributed by atoms with E-state index >= 15 is 0 Å². The highest BCUT2D eigenvalue weighted by molar-refractivity contribution is 5.38. The van der Waals surface area contributed by atoms with Gasteiger partial charge in [-0.25, -0.2) is 14.4 Å². The van der Waals surface area contributed by atoms with Crippen LogP contribution in [0.4, 0.5) is 10.2 Å². The van der Waals surface area contributed by atoms with Gasteiger partial charge in [0.25, 0.3) is 0 Å². The third-order valence-electron chi connectivity index (χ3n) is 3.00. The van der Waals surface area contributed by atoms with E-state index in [1.165, 1.54) is 12.7 Å². The van der Waals surface area contributed by atoms with E-state index in [1.54, 1.807) is 0 Å². The van der Waals surface area contributed by atoms with Crippen LogP contribution in [0.5, 0.6) is 0 Å². The standard InChI is InChI=1S/C14H24FN3/c1-5-12-13(15)14(17-9-16-12)18-11(4)8-6-7-10(2)3/h9-11H,5-8H2,1-4H3,(H,16,17,18). The maximum absolute atomic E-state index is 13.9. The van der Waals surface area contributed by atoms with E-state index in [9.17, 15) is 4.39 Å². The lowest BCUT2D eigenvalue weighted by Crippen LogP contribution is -2.18. The molecule has 1 aromatic heterocycles. The first kappa shape index (κ1) is 14.9. The first-order chi connectivity index (χ1) is 8.54. The van der Waals surface area contributed by atoms with Crippen LogP contribution >= 0.6 is 0 Å². The average Bonchev–Trinajstić information content (AvgIpc) is 2.31. The van der Waals surface area contributed by atoms with Gasteiger partial charge in [-0.05, 0) is 25.7 Å². The SMILES string of the molecule is CCc1ncnc(NC(C)CCCC(C)C)c1F. The lowest BCUT2D eigenvalue weighted by Gasteiger charge is -2.16. The van der Waals surface area contributed by atoms with E-state index in [2.05, 4.69) is 36.1 Å². The summed E-state index contributed by atoms with van der Waals surface area (Å²) in [4.78, 5) is 7.90. The van der Waals surface area contributed by atoms with Crippen molar-refractivity contribution in [1.82, 2.24) is 9.97 Å². The van der Waals surface area contributed by atoms with Crippen molar-refractivity contribution in [3.63, 3.8) is 0 Å².